The highest BCUT2D eigenvalue weighted by Gasteiger charge is 2.13. The zero-order valence-corrected chi connectivity index (χ0v) is 19.7. The zero-order chi connectivity index (χ0) is 22.9. The van der Waals surface area contributed by atoms with Gasteiger partial charge in [-0.15, -0.1) is 0 Å². The molecule has 2 heterocycles. The standard InChI is InChI=1S/C31H29NO/c1-20(2)26-16-27(21(3)4)18-28(17-26)30-19-25-13-14-29(32-31(25)33-30)24-12-8-11-23(15-24)22-9-6-5-7-10-22/h5-21H,1-4H3. The van der Waals surface area contributed by atoms with Crippen LogP contribution in [0.3, 0.4) is 0 Å². The number of nitrogens with zero attached hydrogens (tertiary/aromatic N) is 1. The predicted molar refractivity (Wildman–Crippen MR) is 138 cm³/mol. The Kier molecular flexibility index (Phi) is 5.60. The molecule has 0 atom stereocenters. The lowest BCUT2D eigenvalue weighted by Crippen LogP contribution is -1.94. The monoisotopic (exact) mass is 431 g/mol. The van der Waals surface area contributed by atoms with E-state index in [4.69, 9.17) is 9.40 Å². The third kappa shape index (κ3) is 4.34. The van der Waals surface area contributed by atoms with Crippen LogP contribution in [0.15, 0.2) is 95.4 Å². The van der Waals surface area contributed by atoms with Crippen molar-refractivity contribution in [1.82, 2.24) is 4.98 Å². The molecule has 0 N–H and O–H groups in total. The molecule has 0 amide bonds. The minimum atomic E-state index is 0.466. The Morgan fingerprint density at radius 1 is 0.576 bits per heavy atom. The number of rotatable bonds is 5. The van der Waals surface area contributed by atoms with E-state index in [1.54, 1.807) is 0 Å². The Bertz CT molecular complexity index is 1380. The van der Waals surface area contributed by atoms with Gasteiger partial charge < -0.3 is 4.42 Å². The van der Waals surface area contributed by atoms with Crippen LogP contribution in [0, 0.1) is 0 Å². The Morgan fingerprint density at radius 3 is 1.94 bits per heavy atom. The molecule has 5 rings (SSSR count). The quantitative estimate of drug-likeness (QED) is 0.277. The number of hydrogen-bond acceptors (Lipinski definition) is 2. The van der Waals surface area contributed by atoms with E-state index >= 15 is 0 Å². The normalized spacial score (nSPS) is 11.6. The summed E-state index contributed by atoms with van der Waals surface area (Å²) in [5.74, 6) is 1.80. The van der Waals surface area contributed by atoms with Gasteiger partial charge in [-0.2, -0.15) is 0 Å². The number of pyridine rings is 1. The van der Waals surface area contributed by atoms with E-state index in [2.05, 4.69) is 113 Å². The van der Waals surface area contributed by atoms with Gasteiger partial charge in [0.05, 0.1) is 5.69 Å². The van der Waals surface area contributed by atoms with Crippen molar-refractivity contribution in [2.24, 2.45) is 0 Å². The first kappa shape index (κ1) is 21.2. The SMILES string of the molecule is CC(C)c1cc(-c2cc3ccc(-c4cccc(-c5ccccc5)c4)nc3o2)cc(C(C)C)c1. The van der Waals surface area contributed by atoms with Crippen molar-refractivity contribution in [3.8, 4) is 33.7 Å². The van der Waals surface area contributed by atoms with E-state index in [0.717, 1.165) is 28.0 Å². The van der Waals surface area contributed by atoms with Crippen LogP contribution in [-0.2, 0) is 0 Å². The van der Waals surface area contributed by atoms with Gasteiger partial charge in [-0.3, -0.25) is 0 Å². The summed E-state index contributed by atoms with van der Waals surface area (Å²) >= 11 is 0. The molecule has 0 radical (unpaired) electrons. The molecule has 5 aromatic rings. The van der Waals surface area contributed by atoms with Crippen LogP contribution in [0.5, 0.6) is 0 Å². The molecule has 3 aromatic carbocycles. The van der Waals surface area contributed by atoms with E-state index in [9.17, 15) is 0 Å². The van der Waals surface area contributed by atoms with E-state index < -0.39 is 0 Å². The molecule has 0 saturated heterocycles. The Balaban J connectivity index is 1.54. The van der Waals surface area contributed by atoms with Crippen LogP contribution in [-0.4, -0.2) is 4.98 Å². The van der Waals surface area contributed by atoms with E-state index in [-0.39, 0.29) is 0 Å². The second-order valence-corrected chi connectivity index (χ2v) is 9.35. The van der Waals surface area contributed by atoms with E-state index in [1.165, 1.54) is 22.3 Å². The van der Waals surface area contributed by atoms with Gasteiger partial charge in [0.1, 0.15) is 5.76 Å². The van der Waals surface area contributed by atoms with Crippen molar-refractivity contribution in [2.75, 3.05) is 0 Å². The maximum absolute atomic E-state index is 6.29. The third-order valence-corrected chi connectivity index (χ3v) is 6.24. The van der Waals surface area contributed by atoms with Crippen LogP contribution in [0.4, 0.5) is 0 Å². The Labute approximate surface area is 195 Å². The summed E-state index contributed by atoms with van der Waals surface area (Å²) in [6.07, 6.45) is 0. The second-order valence-electron chi connectivity index (χ2n) is 9.35. The molecule has 0 aliphatic rings. The van der Waals surface area contributed by atoms with E-state index in [1.807, 2.05) is 6.07 Å². The maximum atomic E-state index is 6.29. The summed E-state index contributed by atoms with van der Waals surface area (Å²) in [4.78, 5) is 4.87. The molecular formula is C31H29NO. The minimum absolute atomic E-state index is 0.466. The van der Waals surface area contributed by atoms with Gasteiger partial charge in [-0.05, 0) is 70.5 Å². The average Bonchev–Trinajstić information content (AvgIpc) is 3.28. The molecule has 2 aromatic heterocycles. The van der Waals surface area contributed by atoms with Crippen molar-refractivity contribution in [2.45, 2.75) is 39.5 Å². The molecule has 0 spiro atoms. The number of aromatic nitrogens is 1. The van der Waals surface area contributed by atoms with Crippen LogP contribution in [0.2, 0.25) is 0 Å². The summed E-state index contributed by atoms with van der Waals surface area (Å²) < 4.78 is 6.29. The molecule has 0 aliphatic carbocycles. The van der Waals surface area contributed by atoms with Crippen LogP contribution in [0.25, 0.3) is 44.8 Å². The van der Waals surface area contributed by atoms with Gasteiger partial charge in [0.25, 0.3) is 0 Å². The maximum Gasteiger partial charge on any atom is 0.227 e. The van der Waals surface area contributed by atoms with Crippen molar-refractivity contribution < 1.29 is 4.42 Å². The van der Waals surface area contributed by atoms with Gasteiger partial charge in [0.15, 0.2) is 0 Å². The summed E-state index contributed by atoms with van der Waals surface area (Å²) in [7, 11) is 0. The van der Waals surface area contributed by atoms with Crippen LogP contribution in [0.1, 0.15) is 50.7 Å². The lowest BCUT2D eigenvalue weighted by Gasteiger charge is -2.13. The molecule has 2 heteroatoms. The highest BCUT2D eigenvalue weighted by Crippen LogP contribution is 2.33. The predicted octanol–water partition coefficient (Wildman–Crippen LogP) is 9.08. The van der Waals surface area contributed by atoms with E-state index in [0.29, 0.717) is 17.5 Å². The van der Waals surface area contributed by atoms with Gasteiger partial charge in [-0.1, -0.05) is 82.3 Å². The third-order valence-electron chi connectivity index (χ3n) is 6.24. The van der Waals surface area contributed by atoms with Crippen LogP contribution < -0.4 is 0 Å². The lowest BCUT2D eigenvalue weighted by molar-refractivity contribution is 0.618. The summed E-state index contributed by atoms with van der Waals surface area (Å²) in [6.45, 7) is 8.94. The van der Waals surface area contributed by atoms with Gasteiger partial charge in [0.2, 0.25) is 5.71 Å². The Hall–Kier alpha value is -3.65. The molecule has 0 aliphatic heterocycles. The topological polar surface area (TPSA) is 26.0 Å². The molecular weight excluding hydrogens is 402 g/mol. The molecule has 0 fully saturated rings. The fourth-order valence-electron chi connectivity index (χ4n) is 4.19. The van der Waals surface area contributed by atoms with Crippen molar-refractivity contribution >= 4 is 11.1 Å². The number of hydrogen-bond donors (Lipinski definition) is 0. The van der Waals surface area contributed by atoms with Crippen molar-refractivity contribution in [3.63, 3.8) is 0 Å². The lowest BCUT2D eigenvalue weighted by atomic mass is 9.92. The van der Waals surface area contributed by atoms with Gasteiger partial charge >= 0.3 is 0 Å². The summed E-state index contributed by atoms with van der Waals surface area (Å²) in [5.41, 5.74) is 8.85. The van der Waals surface area contributed by atoms with Gasteiger partial charge in [0, 0.05) is 16.5 Å². The Morgan fingerprint density at radius 2 is 1.24 bits per heavy atom. The highest BCUT2D eigenvalue weighted by molar-refractivity contribution is 5.83. The first-order valence-electron chi connectivity index (χ1n) is 11.7. The molecule has 0 unspecified atom stereocenters. The van der Waals surface area contributed by atoms with Crippen LogP contribution >= 0.6 is 0 Å². The minimum Gasteiger partial charge on any atom is -0.438 e. The highest BCUT2D eigenvalue weighted by atomic mass is 16.3. The smallest absolute Gasteiger partial charge is 0.227 e. The fraction of sp³-hybridized carbons (Fsp3) is 0.194. The number of furan rings is 1. The fourth-order valence-corrected chi connectivity index (χ4v) is 4.19. The molecule has 0 bridgehead atoms. The first-order chi connectivity index (χ1) is 16.0. The molecule has 0 saturated carbocycles. The average molecular weight is 432 g/mol. The van der Waals surface area contributed by atoms with Gasteiger partial charge in [-0.25, -0.2) is 4.98 Å². The first-order valence-corrected chi connectivity index (χ1v) is 11.7. The molecule has 33 heavy (non-hydrogen) atoms. The summed E-state index contributed by atoms with van der Waals surface area (Å²) in [6, 6.07) is 32.0. The molecule has 164 valence electrons. The zero-order valence-electron chi connectivity index (χ0n) is 19.7. The van der Waals surface area contributed by atoms with Crippen molar-refractivity contribution in [1.29, 1.82) is 0 Å². The number of benzene rings is 3. The summed E-state index contributed by atoms with van der Waals surface area (Å²) in [5, 5.41) is 1.02. The molecule has 2 nitrogen and oxygen atoms in total. The van der Waals surface area contributed by atoms with Crippen molar-refractivity contribution in [3.05, 3.63) is 102 Å². The number of fused-ring (bicyclic) bond motifs is 1. The second kappa shape index (κ2) is 8.71. The largest absolute Gasteiger partial charge is 0.438 e.